The fraction of sp³-hybridized carbons (Fsp3) is 0.481. The van der Waals surface area contributed by atoms with Gasteiger partial charge in [-0.25, -0.2) is 9.78 Å². The third-order valence-electron chi connectivity index (χ3n) is 6.61. The number of carboxylic acid groups (broad SMARTS) is 1. The molecule has 0 aliphatic carbocycles. The molecule has 3 amide bonds. The smallest absolute Gasteiger partial charge is 0.326 e. The summed E-state index contributed by atoms with van der Waals surface area (Å²) in [5.41, 5.74) is 18.0. The fourth-order valence-electron chi connectivity index (χ4n) is 4.02. The molecule has 224 valence electrons. The maximum Gasteiger partial charge on any atom is 0.326 e. The minimum atomic E-state index is -1.20. The first kappa shape index (κ1) is 32.8. The Bertz CT molecular complexity index is 1150. The Hall–Kier alpha value is -4.46. The highest BCUT2D eigenvalue weighted by Crippen LogP contribution is 2.11. The Morgan fingerprint density at radius 2 is 1.68 bits per heavy atom. The number of H-pyrrole nitrogens is 1. The van der Waals surface area contributed by atoms with Gasteiger partial charge in [-0.3, -0.25) is 19.4 Å². The minimum absolute atomic E-state index is 0.0545. The first-order valence-corrected chi connectivity index (χ1v) is 13.5. The Morgan fingerprint density at radius 1 is 1.00 bits per heavy atom. The molecule has 41 heavy (non-hydrogen) atoms. The van der Waals surface area contributed by atoms with Gasteiger partial charge in [-0.1, -0.05) is 50.6 Å². The third kappa shape index (κ3) is 11.3. The first-order valence-electron chi connectivity index (χ1n) is 13.5. The largest absolute Gasteiger partial charge is 0.480 e. The Balaban J connectivity index is 2.15. The number of carbonyl (C=O) groups is 4. The number of hydrogen-bond donors (Lipinski definition) is 8. The standard InChI is InChI=1S/C27H41N9O5/c1-3-16(2)22(25(39)35-21(26(40)41)12-17-8-5-4-6-9-17)36-24(38)20(13-18-14-31-15-33-18)34-23(37)19(28)10-7-11-32-27(29)30/h4-6,8-9,14-16,19-22H,3,7,10-13,28H2,1-2H3,(H,31,33)(H,34,37)(H,35,39)(H,36,38)(H,40,41)(H4,29,30,32). The quantitative estimate of drug-likeness (QED) is 0.0669. The summed E-state index contributed by atoms with van der Waals surface area (Å²) in [5, 5.41) is 17.7. The normalized spacial score (nSPS) is 14.5. The van der Waals surface area contributed by atoms with Crippen molar-refractivity contribution in [1.82, 2.24) is 25.9 Å². The number of carboxylic acids is 1. The van der Waals surface area contributed by atoms with Gasteiger partial charge < -0.3 is 43.2 Å². The van der Waals surface area contributed by atoms with Crippen LogP contribution < -0.4 is 33.2 Å². The van der Waals surface area contributed by atoms with E-state index in [9.17, 15) is 24.3 Å². The van der Waals surface area contributed by atoms with Gasteiger partial charge in [0.1, 0.15) is 18.1 Å². The number of rotatable bonds is 17. The second kappa shape index (κ2) is 16.6. The Labute approximate surface area is 238 Å². The predicted octanol–water partition coefficient (Wildman–Crippen LogP) is -0.839. The van der Waals surface area contributed by atoms with E-state index in [0.717, 1.165) is 5.56 Å². The highest BCUT2D eigenvalue weighted by molar-refractivity contribution is 5.94. The number of carbonyl (C=O) groups excluding carboxylic acids is 3. The van der Waals surface area contributed by atoms with Crippen molar-refractivity contribution in [3.8, 4) is 0 Å². The molecule has 0 saturated heterocycles. The van der Waals surface area contributed by atoms with Crippen LogP contribution in [0.2, 0.25) is 0 Å². The summed E-state index contributed by atoms with van der Waals surface area (Å²) >= 11 is 0. The molecule has 2 rings (SSSR count). The van der Waals surface area contributed by atoms with Gasteiger partial charge in [-0.05, 0) is 24.3 Å². The number of nitrogens with two attached hydrogens (primary N) is 3. The number of aromatic amines is 1. The number of hydrogen-bond acceptors (Lipinski definition) is 7. The summed E-state index contributed by atoms with van der Waals surface area (Å²) in [6.45, 7) is 3.92. The van der Waals surface area contributed by atoms with Crippen LogP contribution in [-0.4, -0.2) is 75.4 Å². The molecule has 0 fully saturated rings. The molecule has 0 spiro atoms. The van der Waals surface area contributed by atoms with E-state index in [1.165, 1.54) is 12.5 Å². The van der Waals surface area contributed by atoms with Crippen LogP contribution in [0.1, 0.15) is 44.4 Å². The summed E-state index contributed by atoms with van der Waals surface area (Å²) in [6.07, 6.45) is 4.33. The van der Waals surface area contributed by atoms with Crippen LogP contribution in [0, 0.1) is 5.92 Å². The zero-order valence-electron chi connectivity index (χ0n) is 23.4. The van der Waals surface area contributed by atoms with Crippen molar-refractivity contribution >= 4 is 29.7 Å². The van der Waals surface area contributed by atoms with Gasteiger partial charge in [0.05, 0.1) is 12.4 Å². The van der Waals surface area contributed by atoms with E-state index in [-0.39, 0.29) is 31.1 Å². The van der Waals surface area contributed by atoms with Crippen molar-refractivity contribution in [3.05, 3.63) is 54.1 Å². The molecule has 1 aromatic heterocycles. The van der Waals surface area contributed by atoms with E-state index in [0.29, 0.717) is 25.1 Å². The van der Waals surface area contributed by atoms with E-state index in [4.69, 9.17) is 17.2 Å². The average molecular weight is 572 g/mol. The van der Waals surface area contributed by atoms with Crippen molar-refractivity contribution in [1.29, 1.82) is 0 Å². The lowest BCUT2D eigenvalue weighted by molar-refractivity contribution is -0.142. The number of benzene rings is 1. The molecule has 5 unspecified atom stereocenters. The molecule has 0 saturated carbocycles. The monoisotopic (exact) mass is 571 g/mol. The van der Waals surface area contributed by atoms with Crippen molar-refractivity contribution in [2.24, 2.45) is 28.1 Å². The highest BCUT2D eigenvalue weighted by Gasteiger charge is 2.33. The molecule has 5 atom stereocenters. The van der Waals surface area contributed by atoms with Crippen LogP contribution in [0.5, 0.6) is 0 Å². The van der Waals surface area contributed by atoms with Crippen LogP contribution in [-0.2, 0) is 32.0 Å². The van der Waals surface area contributed by atoms with Crippen molar-refractivity contribution in [2.75, 3.05) is 6.54 Å². The number of nitrogens with zero attached hydrogens (tertiary/aromatic N) is 2. The number of guanidine groups is 1. The van der Waals surface area contributed by atoms with Gasteiger partial charge in [-0.2, -0.15) is 0 Å². The minimum Gasteiger partial charge on any atom is -0.480 e. The predicted molar refractivity (Wildman–Crippen MR) is 153 cm³/mol. The van der Waals surface area contributed by atoms with Gasteiger partial charge in [0.15, 0.2) is 5.96 Å². The van der Waals surface area contributed by atoms with Gasteiger partial charge in [0.2, 0.25) is 17.7 Å². The van der Waals surface area contributed by atoms with Gasteiger partial charge in [0, 0.05) is 31.3 Å². The summed E-state index contributed by atoms with van der Waals surface area (Å²) in [7, 11) is 0. The van der Waals surface area contributed by atoms with Gasteiger partial charge in [0.25, 0.3) is 0 Å². The SMILES string of the molecule is CCC(C)C(NC(=O)C(Cc1cnc[nH]1)NC(=O)C(N)CCCN=C(N)N)C(=O)NC(Cc1ccccc1)C(=O)O. The van der Waals surface area contributed by atoms with Crippen molar-refractivity contribution < 1.29 is 24.3 Å². The Kier molecular flexibility index (Phi) is 13.3. The molecule has 2 aromatic rings. The van der Waals surface area contributed by atoms with Crippen molar-refractivity contribution in [2.45, 2.75) is 70.1 Å². The van der Waals surface area contributed by atoms with E-state index in [1.54, 1.807) is 31.2 Å². The molecule has 11 N–H and O–H groups in total. The topological polar surface area (TPSA) is 244 Å². The first-order chi connectivity index (χ1) is 19.5. The second-order valence-electron chi connectivity index (χ2n) is 9.86. The summed E-state index contributed by atoms with van der Waals surface area (Å²) in [6, 6.07) is 4.63. The molecular weight excluding hydrogens is 530 g/mol. The summed E-state index contributed by atoms with van der Waals surface area (Å²) in [5.74, 6) is -3.43. The molecule has 0 aliphatic heterocycles. The lowest BCUT2D eigenvalue weighted by atomic mass is 9.96. The zero-order valence-corrected chi connectivity index (χ0v) is 23.4. The van der Waals surface area contributed by atoms with E-state index in [1.807, 2.05) is 13.0 Å². The number of aliphatic imine (C=N–C) groups is 1. The van der Waals surface area contributed by atoms with Crippen LogP contribution in [0.3, 0.4) is 0 Å². The number of amides is 3. The van der Waals surface area contributed by atoms with E-state index in [2.05, 4.69) is 30.9 Å². The average Bonchev–Trinajstić information content (AvgIpc) is 3.46. The molecule has 0 bridgehead atoms. The Morgan fingerprint density at radius 3 is 2.27 bits per heavy atom. The third-order valence-corrected chi connectivity index (χ3v) is 6.61. The number of imidazole rings is 1. The molecule has 14 nitrogen and oxygen atoms in total. The van der Waals surface area contributed by atoms with Crippen LogP contribution in [0.15, 0.2) is 47.8 Å². The van der Waals surface area contributed by atoms with Crippen LogP contribution in [0.4, 0.5) is 0 Å². The number of aromatic nitrogens is 2. The molecule has 1 aromatic carbocycles. The van der Waals surface area contributed by atoms with Gasteiger partial charge >= 0.3 is 5.97 Å². The lowest BCUT2D eigenvalue weighted by Gasteiger charge is -2.28. The number of aliphatic carboxylic acids is 1. The maximum absolute atomic E-state index is 13.5. The zero-order chi connectivity index (χ0) is 30.4. The summed E-state index contributed by atoms with van der Waals surface area (Å²) in [4.78, 5) is 62.3. The molecule has 0 aliphatic rings. The molecule has 14 heteroatoms. The summed E-state index contributed by atoms with van der Waals surface area (Å²) < 4.78 is 0. The van der Waals surface area contributed by atoms with E-state index < -0.39 is 47.9 Å². The van der Waals surface area contributed by atoms with Crippen LogP contribution >= 0.6 is 0 Å². The number of nitrogens with one attached hydrogen (secondary N) is 4. The molecular formula is C27H41N9O5. The van der Waals surface area contributed by atoms with E-state index >= 15 is 0 Å². The van der Waals surface area contributed by atoms with Gasteiger partial charge in [-0.15, -0.1) is 0 Å². The van der Waals surface area contributed by atoms with Crippen LogP contribution in [0.25, 0.3) is 0 Å². The molecule has 0 radical (unpaired) electrons. The van der Waals surface area contributed by atoms with Crippen molar-refractivity contribution in [3.63, 3.8) is 0 Å². The molecule has 1 heterocycles. The lowest BCUT2D eigenvalue weighted by Crippen LogP contribution is -2.59. The highest BCUT2D eigenvalue weighted by atomic mass is 16.4. The maximum atomic E-state index is 13.5. The fourth-order valence-corrected chi connectivity index (χ4v) is 4.02. The second-order valence-corrected chi connectivity index (χ2v) is 9.86.